The maximum Gasteiger partial charge on any atom is 0.0972 e. The van der Waals surface area contributed by atoms with E-state index in [1.54, 1.807) is 0 Å². The summed E-state index contributed by atoms with van der Waals surface area (Å²) in [4.78, 5) is 19.3. The Morgan fingerprint density at radius 1 is 0.327 bits per heavy atom. The second-order valence-electron chi connectivity index (χ2n) is 12.7. The number of nitrogens with zero attached hydrogens (tertiary/aromatic N) is 4. The predicted molar refractivity (Wildman–Crippen MR) is 228 cm³/mol. The van der Waals surface area contributed by atoms with E-state index in [1.807, 2.05) is 48.8 Å². The Kier molecular flexibility index (Phi) is 11.2. The molecule has 0 aliphatic rings. The van der Waals surface area contributed by atoms with Crippen LogP contribution in [-0.2, 0) is 15.4 Å². The third-order valence-corrected chi connectivity index (χ3v) is 9.38. The summed E-state index contributed by atoms with van der Waals surface area (Å²) >= 11 is -0.639. The van der Waals surface area contributed by atoms with Crippen molar-refractivity contribution in [3.05, 3.63) is 194 Å². The Balaban J connectivity index is 0.000000145. The van der Waals surface area contributed by atoms with Crippen molar-refractivity contribution in [2.45, 2.75) is 0 Å². The van der Waals surface area contributed by atoms with Crippen LogP contribution in [0.3, 0.4) is 0 Å². The van der Waals surface area contributed by atoms with E-state index in [9.17, 15) is 0 Å². The Hall–Kier alpha value is -5.82. The van der Waals surface area contributed by atoms with Gasteiger partial charge in [-0.2, -0.15) is 0 Å². The van der Waals surface area contributed by atoms with Crippen LogP contribution >= 0.6 is 19.3 Å². The van der Waals surface area contributed by atoms with Gasteiger partial charge in [-0.3, -0.25) is 9.97 Å². The number of aromatic nitrogens is 4. The molecule has 0 saturated heterocycles. The molecule has 0 aliphatic carbocycles. The molecule has 4 heterocycles. The van der Waals surface area contributed by atoms with Gasteiger partial charge in [0.2, 0.25) is 0 Å². The van der Waals surface area contributed by atoms with Crippen LogP contribution < -0.4 is 0 Å². The molecule has 0 unspecified atom stereocenters. The van der Waals surface area contributed by atoms with Gasteiger partial charge in [0, 0.05) is 56.2 Å². The van der Waals surface area contributed by atoms with Crippen LogP contribution in [0.25, 0.3) is 88.4 Å². The van der Waals surface area contributed by atoms with Crippen LogP contribution in [0.4, 0.5) is 0 Å². The van der Waals surface area contributed by atoms with E-state index in [4.69, 9.17) is 29.2 Å². The van der Waals surface area contributed by atoms with Crippen molar-refractivity contribution >= 4 is 62.9 Å². The number of pyridine rings is 4. The van der Waals surface area contributed by atoms with Crippen molar-refractivity contribution in [2.75, 3.05) is 0 Å². The molecule has 0 radical (unpaired) electrons. The summed E-state index contributed by atoms with van der Waals surface area (Å²) in [5.74, 6) is 0. The minimum atomic E-state index is -0.639. The molecule has 7 heteroatoms. The summed E-state index contributed by atoms with van der Waals surface area (Å²) in [7, 11) is 9.81. The molecule has 0 N–H and O–H groups in total. The summed E-state index contributed by atoms with van der Waals surface area (Å²) in [5.41, 5.74) is 12.6. The van der Waals surface area contributed by atoms with Gasteiger partial charge in [0.15, 0.2) is 0 Å². The zero-order chi connectivity index (χ0) is 37.4. The van der Waals surface area contributed by atoms with Gasteiger partial charge in [0.25, 0.3) is 0 Å². The molecule has 0 saturated carbocycles. The van der Waals surface area contributed by atoms with Crippen LogP contribution in [0, 0.1) is 0 Å². The maximum atomic E-state index is 5.09. The van der Waals surface area contributed by atoms with Crippen molar-refractivity contribution < 1.29 is 15.4 Å². The summed E-state index contributed by atoms with van der Waals surface area (Å²) < 4.78 is 0. The van der Waals surface area contributed by atoms with Crippen molar-refractivity contribution in [2.24, 2.45) is 0 Å². The molecular weight excluding hydrogens is 894 g/mol. The van der Waals surface area contributed by atoms with Crippen molar-refractivity contribution in [1.29, 1.82) is 0 Å². The number of fused-ring (bicyclic) bond motifs is 6. The van der Waals surface area contributed by atoms with Crippen LogP contribution in [0.2, 0.25) is 0 Å². The van der Waals surface area contributed by atoms with Gasteiger partial charge in [-0.05, 0) is 35.4 Å². The number of hydrogen-bond donors (Lipinski definition) is 0. The van der Waals surface area contributed by atoms with Gasteiger partial charge in [0.1, 0.15) is 0 Å². The summed E-state index contributed by atoms with van der Waals surface area (Å²) in [6, 6.07) is 62.6. The minimum Gasteiger partial charge on any atom is -0.254 e. The Morgan fingerprint density at radius 2 is 0.655 bits per heavy atom. The van der Waals surface area contributed by atoms with Gasteiger partial charge < -0.3 is 0 Å². The van der Waals surface area contributed by atoms with Crippen LogP contribution in [0.5, 0.6) is 0 Å². The fourth-order valence-electron chi connectivity index (χ4n) is 6.86. The normalized spacial score (nSPS) is 10.9. The molecule has 6 aromatic carbocycles. The number of hydrogen-bond acceptors (Lipinski definition) is 4. The number of benzene rings is 6. The third kappa shape index (κ3) is 7.88. The SMILES string of the molecule is [Cl][Os][Cl].c1ccc(-c2cc3ccc4cccnc4c3nc2-c2ccccc2)cc1.c1ccc(-c2cc3ccc4cccnc4c3nc2-c2ccccc2)cc1. The minimum absolute atomic E-state index is 0.639. The van der Waals surface area contributed by atoms with Gasteiger partial charge in [-0.1, -0.05) is 158 Å². The van der Waals surface area contributed by atoms with Crippen molar-refractivity contribution in [1.82, 2.24) is 19.9 Å². The van der Waals surface area contributed by atoms with E-state index in [2.05, 4.69) is 156 Å². The molecule has 0 amide bonds. The van der Waals surface area contributed by atoms with E-state index in [0.29, 0.717) is 0 Å². The average Bonchev–Trinajstić information content (AvgIpc) is 3.27. The fraction of sp³-hybridized carbons (Fsp3) is 0. The van der Waals surface area contributed by atoms with E-state index >= 15 is 0 Å². The topological polar surface area (TPSA) is 51.6 Å². The Labute approximate surface area is 335 Å². The first-order chi connectivity index (χ1) is 27.2. The molecule has 266 valence electrons. The first kappa shape index (κ1) is 36.2. The molecule has 55 heavy (non-hydrogen) atoms. The monoisotopic (exact) mass is 926 g/mol. The molecule has 0 spiro atoms. The van der Waals surface area contributed by atoms with Crippen LogP contribution in [-0.4, -0.2) is 19.9 Å². The smallest absolute Gasteiger partial charge is 0.0972 e. The van der Waals surface area contributed by atoms with E-state index in [1.165, 1.54) is 11.1 Å². The second kappa shape index (κ2) is 17.1. The van der Waals surface area contributed by atoms with Gasteiger partial charge >= 0.3 is 34.7 Å². The molecule has 4 nitrogen and oxygen atoms in total. The second-order valence-corrected chi connectivity index (χ2v) is 16.4. The van der Waals surface area contributed by atoms with Crippen molar-refractivity contribution in [3.8, 4) is 44.8 Å². The summed E-state index contributed by atoms with van der Waals surface area (Å²) in [5, 5.41) is 4.43. The molecule has 10 rings (SSSR count). The molecule has 0 aliphatic heterocycles. The van der Waals surface area contributed by atoms with Gasteiger partial charge in [-0.15, -0.1) is 0 Å². The quantitative estimate of drug-likeness (QED) is 0.165. The van der Waals surface area contributed by atoms with E-state index < -0.39 is 15.4 Å². The number of halogens is 2. The summed E-state index contributed by atoms with van der Waals surface area (Å²) in [6.07, 6.45) is 3.66. The molecule has 0 atom stereocenters. The molecular formula is C48H32Cl2N4Os. The Bertz CT molecular complexity index is 2660. The van der Waals surface area contributed by atoms with E-state index in [-0.39, 0.29) is 0 Å². The molecule has 0 fully saturated rings. The molecule has 0 bridgehead atoms. The molecule has 10 aromatic rings. The first-order valence-corrected chi connectivity index (χ1v) is 24.0. The fourth-order valence-corrected chi connectivity index (χ4v) is 6.86. The summed E-state index contributed by atoms with van der Waals surface area (Å²) in [6.45, 7) is 0. The predicted octanol–water partition coefficient (Wildman–Crippen LogP) is 13.6. The molecule has 4 aromatic heterocycles. The number of rotatable bonds is 4. The zero-order valence-corrected chi connectivity index (χ0v) is 33.4. The van der Waals surface area contributed by atoms with Gasteiger partial charge in [-0.25, -0.2) is 9.97 Å². The average molecular weight is 926 g/mol. The van der Waals surface area contributed by atoms with Crippen LogP contribution in [0.15, 0.2) is 194 Å². The van der Waals surface area contributed by atoms with Crippen molar-refractivity contribution in [3.63, 3.8) is 0 Å². The van der Waals surface area contributed by atoms with E-state index in [0.717, 1.165) is 77.3 Å². The largest absolute Gasteiger partial charge is 0.254 e. The van der Waals surface area contributed by atoms with Gasteiger partial charge in [0.05, 0.1) is 33.5 Å². The first-order valence-electron chi connectivity index (χ1n) is 17.7. The standard InChI is InChI=1S/2C24H16N2.2ClH.Os/c2*1-3-8-17(9-4-1)21-16-20-14-13-19-12-7-15-25-23(19)24(20)26-22(21)18-10-5-2-6-11-18;;;/h2*1-16H;2*1H;/q;;;;+2/p-2. The van der Waals surface area contributed by atoms with Crippen LogP contribution in [0.1, 0.15) is 0 Å². The zero-order valence-electron chi connectivity index (χ0n) is 29.4. The maximum absolute atomic E-state index is 5.09. The third-order valence-electron chi connectivity index (χ3n) is 9.38. The Morgan fingerprint density at radius 3 is 1.02 bits per heavy atom.